The molecular formula is C13H19N3O3S. The van der Waals surface area contributed by atoms with Crippen LogP contribution in [0.2, 0.25) is 0 Å². The molecule has 20 heavy (non-hydrogen) atoms. The predicted octanol–water partition coefficient (Wildman–Crippen LogP) is 2.39. The molecule has 1 aromatic carbocycles. The van der Waals surface area contributed by atoms with Crippen LogP contribution in [0.1, 0.15) is 23.7 Å². The maximum absolute atomic E-state index is 12.3. The predicted molar refractivity (Wildman–Crippen MR) is 82.1 cm³/mol. The molecule has 0 aliphatic carbocycles. The monoisotopic (exact) mass is 297 g/mol. The maximum Gasteiger partial charge on any atom is 0.292 e. The molecule has 0 bridgehead atoms. The van der Waals surface area contributed by atoms with Gasteiger partial charge in [0.25, 0.3) is 11.6 Å². The number of rotatable bonds is 6. The van der Waals surface area contributed by atoms with Gasteiger partial charge in [0, 0.05) is 24.7 Å². The number of nitro benzene ring substituents is 1. The number of thioether (sulfide) groups is 1. The van der Waals surface area contributed by atoms with Crippen molar-refractivity contribution in [2.24, 2.45) is 0 Å². The number of nitro groups is 1. The molecule has 110 valence electrons. The van der Waals surface area contributed by atoms with E-state index in [0.29, 0.717) is 0 Å². The Morgan fingerprint density at radius 3 is 2.75 bits per heavy atom. The summed E-state index contributed by atoms with van der Waals surface area (Å²) in [6.45, 7) is 1.96. The number of hydrogen-bond donors (Lipinski definition) is 1. The molecule has 0 aliphatic heterocycles. The first-order valence-corrected chi connectivity index (χ1v) is 7.57. The summed E-state index contributed by atoms with van der Waals surface area (Å²) in [5.41, 5.74) is 5.63. The minimum absolute atomic E-state index is 0.0598. The Labute approximate surface area is 122 Å². The lowest BCUT2D eigenvalue weighted by Crippen LogP contribution is -2.35. The second kappa shape index (κ2) is 7.14. The van der Waals surface area contributed by atoms with Gasteiger partial charge < -0.3 is 10.6 Å². The summed E-state index contributed by atoms with van der Waals surface area (Å²) >= 11 is 1.72. The van der Waals surface area contributed by atoms with E-state index in [0.717, 1.165) is 12.2 Å². The molecule has 1 rings (SSSR count). The number of benzene rings is 1. The van der Waals surface area contributed by atoms with Gasteiger partial charge in [0.05, 0.1) is 4.92 Å². The van der Waals surface area contributed by atoms with Gasteiger partial charge in [0.1, 0.15) is 5.69 Å². The van der Waals surface area contributed by atoms with Gasteiger partial charge in [-0.1, -0.05) is 0 Å². The van der Waals surface area contributed by atoms with E-state index in [4.69, 9.17) is 5.73 Å². The molecule has 1 atom stereocenters. The first-order chi connectivity index (χ1) is 9.38. The average Bonchev–Trinajstić information content (AvgIpc) is 2.43. The van der Waals surface area contributed by atoms with Crippen molar-refractivity contribution in [3.05, 3.63) is 33.9 Å². The van der Waals surface area contributed by atoms with Gasteiger partial charge in [0.2, 0.25) is 0 Å². The normalized spacial score (nSPS) is 11.9. The Morgan fingerprint density at radius 2 is 2.20 bits per heavy atom. The Morgan fingerprint density at radius 1 is 1.55 bits per heavy atom. The highest BCUT2D eigenvalue weighted by Crippen LogP contribution is 2.23. The van der Waals surface area contributed by atoms with Crippen LogP contribution in [0.3, 0.4) is 0 Å². The first kappa shape index (κ1) is 16.3. The largest absolute Gasteiger partial charge is 0.393 e. The van der Waals surface area contributed by atoms with Crippen molar-refractivity contribution < 1.29 is 9.72 Å². The van der Waals surface area contributed by atoms with Crippen molar-refractivity contribution in [1.82, 2.24) is 4.90 Å². The Balaban J connectivity index is 2.91. The highest BCUT2D eigenvalue weighted by Gasteiger charge is 2.20. The molecule has 0 spiro atoms. The minimum Gasteiger partial charge on any atom is -0.393 e. The van der Waals surface area contributed by atoms with Crippen molar-refractivity contribution in [2.45, 2.75) is 19.4 Å². The standard InChI is InChI=1S/C13H19N3O3S/c1-9(6-7-20-3)15(2)13(17)10-4-5-11(14)12(8-10)16(18)19/h4-5,8-9H,6-7,14H2,1-3H3. The van der Waals surface area contributed by atoms with E-state index in [1.165, 1.54) is 18.2 Å². The summed E-state index contributed by atoms with van der Waals surface area (Å²) in [5.74, 6) is 0.724. The molecule has 0 radical (unpaired) electrons. The van der Waals surface area contributed by atoms with Gasteiger partial charge in [0.15, 0.2) is 0 Å². The zero-order valence-corrected chi connectivity index (χ0v) is 12.6. The molecule has 0 saturated carbocycles. The van der Waals surface area contributed by atoms with Crippen LogP contribution in [-0.2, 0) is 0 Å². The molecule has 0 aliphatic rings. The van der Waals surface area contributed by atoms with Gasteiger partial charge in [-0.3, -0.25) is 14.9 Å². The fourth-order valence-corrected chi connectivity index (χ4v) is 2.30. The molecule has 1 aromatic rings. The van der Waals surface area contributed by atoms with E-state index >= 15 is 0 Å². The summed E-state index contributed by atoms with van der Waals surface area (Å²) < 4.78 is 0. The molecule has 6 nitrogen and oxygen atoms in total. The van der Waals surface area contributed by atoms with Crippen LogP contribution in [0.4, 0.5) is 11.4 Å². The summed E-state index contributed by atoms with van der Waals surface area (Å²) in [7, 11) is 1.70. The Hall–Kier alpha value is -1.76. The van der Waals surface area contributed by atoms with Crippen molar-refractivity contribution in [2.75, 3.05) is 24.8 Å². The maximum atomic E-state index is 12.3. The fourth-order valence-electron chi connectivity index (χ4n) is 1.72. The van der Waals surface area contributed by atoms with Crippen LogP contribution in [0.25, 0.3) is 0 Å². The second-order valence-electron chi connectivity index (χ2n) is 4.58. The van der Waals surface area contributed by atoms with Crippen molar-refractivity contribution in [1.29, 1.82) is 0 Å². The number of nitrogen functional groups attached to an aromatic ring is 1. The van der Waals surface area contributed by atoms with Crippen LogP contribution >= 0.6 is 11.8 Å². The summed E-state index contributed by atoms with van der Waals surface area (Å²) in [5, 5.41) is 10.8. The third-order valence-corrected chi connectivity index (χ3v) is 3.84. The Bertz CT molecular complexity index is 508. The van der Waals surface area contributed by atoms with Crippen molar-refractivity contribution in [3.63, 3.8) is 0 Å². The first-order valence-electron chi connectivity index (χ1n) is 6.18. The molecular weight excluding hydrogens is 278 g/mol. The lowest BCUT2D eigenvalue weighted by molar-refractivity contribution is -0.383. The van der Waals surface area contributed by atoms with Gasteiger partial charge >= 0.3 is 0 Å². The summed E-state index contributed by atoms with van der Waals surface area (Å²) in [6.07, 6.45) is 2.89. The SMILES string of the molecule is CSCCC(C)N(C)C(=O)c1ccc(N)c([N+](=O)[O-])c1. The van der Waals surface area contributed by atoms with Gasteiger partial charge in [-0.2, -0.15) is 11.8 Å². The van der Waals surface area contributed by atoms with Crippen LogP contribution in [0.15, 0.2) is 18.2 Å². The van der Waals surface area contributed by atoms with Gasteiger partial charge in [-0.15, -0.1) is 0 Å². The fraction of sp³-hybridized carbons (Fsp3) is 0.462. The van der Waals surface area contributed by atoms with Gasteiger partial charge in [-0.05, 0) is 37.5 Å². The lowest BCUT2D eigenvalue weighted by Gasteiger charge is -2.24. The van der Waals surface area contributed by atoms with Crippen molar-refractivity contribution >= 4 is 29.0 Å². The molecule has 0 heterocycles. The number of hydrogen-bond acceptors (Lipinski definition) is 5. The quantitative estimate of drug-likeness (QED) is 0.494. The van der Waals surface area contributed by atoms with Crippen LogP contribution in [-0.4, -0.2) is 40.8 Å². The average molecular weight is 297 g/mol. The Kier molecular flexibility index (Phi) is 5.82. The molecule has 1 amide bonds. The van der Waals surface area contributed by atoms with E-state index in [2.05, 4.69) is 0 Å². The third kappa shape index (κ3) is 3.86. The number of nitrogens with zero attached hydrogens (tertiary/aromatic N) is 2. The minimum atomic E-state index is -0.580. The van der Waals surface area contributed by atoms with E-state index in [1.807, 2.05) is 13.2 Å². The van der Waals surface area contributed by atoms with Crippen LogP contribution in [0.5, 0.6) is 0 Å². The zero-order valence-electron chi connectivity index (χ0n) is 11.8. The highest BCUT2D eigenvalue weighted by molar-refractivity contribution is 7.98. The van der Waals surface area contributed by atoms with Crippen LogP contribution in [0, 0.1) is 10.1 Å². The van der Waals surface area contributed by atoms with Crippen molar-refractivity contribution in [3.8, 4) is 0 Å². The highest BCUT2D eigenvalue weighted by atomic mass is 32.2. The smallest absolute Gasteiger partial charge is 0.292 e. The topological polar surface area (TPSA) is 89.5 Å². The molecule has 7 heteroatoms. The molecule has 0 saturated heterocycles. The zero-order chi connectivity index (χ0) is 15.3. The third-order valence-electron chi connectivity index (χ3n) is 3.20. The number of carbonyl (C=O) groups excluding carboxylic acids is 1. The molecule has 2 N–H and O–H groups in total. The van der Waals surface area contributed by atoms with E-state index in [9.17, 15) is 14.9 Å². The molecule has 0 aromatic heterocycles. The molecule has 1 unspecified atom stereocenters. The summed E-state index contributed by atoms with van der Waals surface area (Å²) in [6, 6.07) is 4.22. The lowest BCUT2D eigenvalue weighted by atomic mass is 10.1. The number of anilines is 1. The second-order valence-corrected chi connectivity index (χ2v) is 5.56. The number of amides is 1. The number of nitrogens with two attached hydrogens (primary N) is 1. The van der Waals surface area contributed by atoms with Gasteiger partial charge in [-0.25, -0.2) is 0 Å². The summed E-state index contributed by atoms with van der Waals surface area (Å²) in [4.78, 5) is 24.2. The van der Waals surface area contributed by atoms with E-state index in [-0.39, 0.29) is 28.9 Å². The van der Waals surface area contributed by atoms with E-state index in [1.54, 1.807) is 23.7 Å². The number of carbonyl (C=O) groups is 1. The van der Waals surface area contributed by atoms with Crippen LogP contribution < -0.4 is 5.73 Å². The van der Waals surface area contributed by atoms with E-state index < -0.39 is 4.92 Å². The molecule has 0 fully saturated rings.